The molecule has 7 N–H and O–H groups in total. The molecule has 0 bridgehead atoms. The van der Waals surface area contributed by atoms with Crippen molar-refractivity contribution in [2.75, 3.05) is 19.8 Å². The van der Waals surface area contributed by atoms with Crippen LogP contribution >= 0.6 is 0 Å². The van der Waals surface area contributed by atoms with Gasteiger partial charge in [0.15, 0.2) is 12.6 Å². The first-order valence-corrected chi connectivity index (χ1v) is 8.05. The summed E-state index contributed by atoms with van der Waals surface area (Å²) in [4.78, 5) is 0. The van der Waals surface area contributed by atoms with Crippen molar-refractivity contribution >= 4 is 0 Å². The second kappa shape index (κ2) is 8.97. The van der Waals surface area contributed by atoms with Crippen molar-refractivity contribution in [2.24, 2.45) is 0 Å². The van der Waals surface area contributed by atoms with Gasteiger partial charge in [0, 0.05) is 6.61 Å². The fourth-order valence-electron chi connectivity index (χ4n) is 2.86. The van der Waals surface area contributed by atoms with E-state index in [2.05, 4.69) is 0 Å². The maximum Gasteiger partial charge on any atom is 0.187 e. The Labute approximate surface area is 143 Å². The van der Waals surface area contributed by atoms with Gasteiger partial charge in [-0.3, -0.25) is 0 Å². The fourth-order valence-corrected chi connectivity index (χ4v) is 2.86. The van der Waals surface area contributed by atoms with Crippen LogP contribution in [0.3, 0.4) is 0 Å². The Morgan fingerprint density at radius 1 is 0.720 bits per heavy atom. The van der Waals surface area contributed by atoms with Crippen LogP contribution in [0.4, 0.5) is 0 Å². The SMILES string of the molecule is CCO[C@@H]1O[C@H](CO)[C@@H](O[C@@H]2O[C@H](CO)[C@H](O)[C@H](O)[C@H]2O)[C@H](O)[C@H]1O. The molecule has 0 aliphatic carbocycles. The van der Waals surface area contributed by atoms with Crippen LogP contribution in [0.2, 0.25) is 0 Å². The second-order valence-corrected chi connectivity index (χ2v) is 5.96. The maximum atomic E-state index is 10.2. The first-order valence-electron chi connectivity index (χ1n) is 8.05. The Hall–Kier alpha value is -0.440. The van der Waals surface area contributed by atoms with E-state index in [-0.39, 0.29) is 6.61 Å². The molecule has 148 valence electrons. The molecule has 2 heterocycles. The van der Waals surface area contributed by atoms with Gasteiger partial charge in [0.25, 0.3) is 0 Å². The van der Waals surface area contributed by atoms with Crippen molar-refractivity contribution in [3.8, 4) is 0 Å². The van der Waals surface area contributed by atoms with Crippen LogP contribution in [0.25, 0.3) is 0 Å². The lowest BCUT2D eigenvalue weighted by molar-refractivity contribution is -0.359. The van der Waals surface area contributed by atoms with Gasteiger partial charge in [-0.1, -0.05) is 0 Å². The van der Waals surface area contributed by atoms with E-state index in [1.54, 1.807) is 6.92 Å². The monoisotopic (exact) mass is 370 g/mol. The standard InChI is InChI=1S/C14H26O11/c1-2-22-13-11(21)9(19)12(6(4-16)24-13)25-14-10(20)8(18)7(17)5(3-15)23-14/h5-21H,2-4H2,1H3/t5-,6-,7+,8+,9-,10-,11-,12-,13-,14+/m1/s1. The van der Waals surface area contributed by atoms with E-state index < -0.39 is 74.6 Å². The largest absolute Gasteiger partial charge is 0.394 e. The summed E-state index contributed by atoms with van der Waals surface area (Å²) in [5, 5.41) is 68.4. The fraction of sp³-hybridized carbons (Fsp3) is 1.00. The topological polar surface area (TPSA) is 179 Å². The van der Waals surface area contributed by atoms with E-state index >= 15 is 0 Å². The lowest BCUT2D eigenvalue weighted by Gasteiger charge is -2.45. The summed E-state index contributed by atoms with van der Waals surface area (Å²) in [5.74, 6) is 0. The van der Waals surface area contributed by atoms with Crippen LogP contribution in [0, 0.1) is 0 Å². The molecule has 25 heavy (non-hydrogen) atoms. The van der Waals surface area contributed by atoms with E-state index in [9.17, 15) is 35.7 Å². The van der Waals surface area contributed by atoms with Crippen molar-refractivity contribution in [2.45, 2.75) is 68.3 Å². The molecule has 2 aliphatic rings. The first kappa shape index (κ1) is 20.9. The van der Waals surface area contributed by atoms with Gasteiger partial charge in [-0.25, -0.2) is 0 Å². The second-order valence-electron chi connectivity index (χ2n) is 5.96. The Bertz CT molecular complexity index is 406. The molecule has 0 saturated carbocycles. The summed E-state index contributed by atoms with van der Waals surface area (Å²) in [6.45, 7) is 0.625. The van der Waals surface area contributed by atoms with E-state index in [1.165, 1.54) is 0 Å². The molecule has 10 atom stereocenters. The van der Waals surface area contributed by atoms with Crippen LogP contribution in [-0.4, -0.2) is 117 Å². The average molecular weight is 370 g/mol. The summed E-state index contributed by atoms with van der Waals surface area (Å²) in [5.41, 5.74) is 0. The predicted octanol–water partition coefficient (Wildman–Crippen LogP) is -4.35. The quantitative estimate of drug-likeness (QED) is 0.240. The molecule has 0 aromatic carbocycles. The Morgan fingerprint density at radius 3 is 1.84 bits per heavy atom. The summed E-state index contributed by atoms with van der Waals surface area (Å²) in [6.07, 6.45) is -14.3. The number of ether oxygens (including phenoxy) is 4. The molecule has 0 amide bonds. The highest BCUT2D eigenvalue weighted by molar-refractivity contribution is 4.93. The zero-order valence-corrected chi connectivity index (χ0v) is 13.7. The predicted molar refractivity (Wildman–Crippen MR) is 78.0 cm³/mol. The molecule has 0 spiro atoms. The van der Waals surface area contributed by atoms with Gasteiger partial charge in [0.1, 0.15) is 48.8 Å². The Balaban J connectivity index is 2.11. The minimum Gasteiger partial charge on any atom is -0.394 e. The Kier molecular flexibility index (Phi) is 7.49. The number of hydrogen-bond acceptors (Lipinski definition) is 11. The highest BCUT2D eigenvalue weighted by Crippen LogP contribution is 2.29. The third-order valence-electron chi connectivity index (χ3n) is 4.29. The number of hydrogen-bond donors (Lipinski definition) is 7. The van der Waals surface area contributed by atoms with Crippen LogP contribution in [0.15, 0.2) is 0 Å². The van der Waals surface area contributed by atoms with Crippen molar-refractivity contribution in [3.05, 3.63) is 0 Å². The normalized spacial score (nSPS) is 48.5. The van der Waals surface area contributed by atoms with Crippen LogP contribution in [0.5, 0.6) is 0 Å². The van der Waals surface area contributed by atoms with Crippen LogP contribution in [0.1, 0.15) is 6.92 Å². The summed E-state index contributed by atoms with van der Waals surface area (Å²) >= 11 is 0. The third-order valence-corrected chi connectivity index (χ3v) is 4.29. The van der Waals surface area contributed by atoms with Crippen molar-refractivity contribution in [3.63, 3.8) is 0 Å². The van der Waals surface area contributed by atoms with Gasteiger partial charge in [0.05, 0.1) is 13.2 Å². The maximum absolute atomic E-state index is 10.2. The Morgan fingerprint density at radius 2 is 1.28 bits per heavy atom. The van der Waals surface area contributed by atoms with Gasteiger partial charge in [-0.2, -0.15) is 0 Å². The molecule has 2 fully saturated rings. The minimum absolute atomic E-state index is 0.199. The van der Waals surface area contributed by atoms with Gasteiger partial charge in [-0.15, -0.1) is 0 Å². The molecular formula is C14H26O11. The van der Waals surface area contributed by atoms with Crippen molar-refractivity contribution in [1.29, 1.82) is 0 Å². The average Bonchev–Trinajstić information content (AvgIpc) is 2.61. The van der Waals surface area contributed by atoms with Crippen molar-refractivity contribution in [1.82, 2.24) is 0 Å². The summed E-state index contributed by atoms with van der Waals surface area (Å²) < 4.78 is 21.1. The number of aliphatic hydroxyl groups excluding tert-OH is 7. The lowest BCUT2D eigenvalue weighted by Crippen LogP contribution is -2.64. The zero-order chi connectivity index (χ0) is 18.7. The molecule has 11 heteroatoms. The molecule has 0 radical (unpaired) electrons. The van der Waals surface area contributed by atoms with E-state index in [0.717, 1.165) is 0 Å². The number of rotatable bonds is 6. The van der Waals surface area contributed by atoms with Gasteiger partial charge >= 0.3 is 0 Å². The molecule has 2 aliphatic heterocycles. The number of aliphatic hydroxyl groups is 7. The summed E-state index contributed by atoms with van der Waals surface area (Å²) in [7, 11) is 0. The minimum atomic E-state index is -1.69. The van der Waals surface area contributed by atoms with Crippen LogP contribution in [-0.2, 0) is 18.9 Å². The highest BCUT2D eigenvalue weighted by atomic mass is 16.7. The smallest absolute Gasteiger partial charge is 0.187 e. The summed E-state index contributed by atoms with van der Waals surface area (Å²) in [6, 6.07) is 0. The molecular weight excluding hydrogens is 344 g/mol. The molecule has 0 unspecified atom stereocenters. The molecule has 2 rings (SSSR count). The molecule has 0 aromatic rings. The van der Waals surface area contributed by atoms with E-state index in [0.29, 0.717) is 0 Å². The zero-order valence-electron chi connectivity index (χ0n) is 13.7. The van der Waals surface area contributed by atoms with Gasteiger partial charge < -0.3 is 54.7 Å². The third kappa shape index (κ3) is 4.28. The van der Waals surface area contributed by atoms with Gasteiger partial charge in [0.2, 0.25) is 0 Å². The lowest BCUT2D eigenvalue weighted by atomic mass is 9.97. The van der Waals surface area contributed by atoms with Crippen LogP contribution < -0.4 is 0 Å². The highest BCUT2D eigenvalue weighted by Gasteiger charge is 2.50. The van der Waals surface area contributed by atoms with E-state index in [1.807, 2.05) is 0 Å². The van der Waals surface area contributed by atoms with Crippen molar-refractivity contribution < 1.29 is 54.7 Å². The first-order chi connectivity index (χ1) is 11.8. The van der Waals surface area contributed by atoms with Gasteiger partial charge in [-0.05, 0) is 6.92 Å². The molecule has 2 saturated heterocycles. The van der Waals surface area contributed by atoms with E-state index in [4.69, 9.17) is 18.9 Å². The molecule has 11 nitrogen and oxygen atoms in total. The molecule has 0 aromatic heterocycles.